The highest BCUT2D eigenvalue weighted by Crippen LogP contribution is 2.44. The van der Waals surface area contributed by atoms with E-state index in [0.717, 1.165) is 72.8 Å². The van der Waals surface area contributed by atoms with Crippen LogP contribution in [0.15, 0.2) is 212 Å². The van der Waals surface area contributed by atoms with E-state index >= 15 is 0 Å². The predicted octanol–water partition coefficient (Wildman–Crippen LogP) is 16.4. The van der Waals surface area contributed by atoms with Gasteiger partial charge in [0, 0.05) is 43.9 Å². The summed E-state index contributed by atoms with van der Waals surface area (Å²) >= 11 is 0. The molecule has 0 aliphatic rings. The van der Waals surface area contributed by atoms with Crippen molar-refractivity contribution in [2.24, 2.45) is 0 Å². The summed E-state index contributed by atoms with van der Waals surface area (Å²) in [6, 6.07) is 64.6. The second kappa shape index (κ2) is 16.4. The molecule has 0 bridgehead atoms. The van der Waals surface area contributed by atoms with E-state index < -0.39 is 23.5 Å². The molecule has 0 radical (unpaired) electrons. The zero-order valence-electron chi connectivity index (χ0n) is 36.7. The van der Waals surface area contributed by atoms with Crippen LogP contribution in [0.4, 0.5) is 26.3 Å². The van der Waals surface area contributed by atoms with E-state index in [1.54, 1.807) is 18.2 Å². The minimum Gasteiger partial charge on any atom is -0.309 e. The van der Waals surface area contributed by atoms with E-state index in [4.69, 9.17) is 15.0 Å². The Kier molecular flexibility index (Phi) is 9.99. The lowest BCUT2D eigenvalue weighted by Gasteiger charge is -2.17. The van der Waals surface area contributed by atoms with Gasteiger partial charge in [0.1, 0.15) is 0 Å². The maximum absolute atomic E-state index is 14.1. The largest absolute Gasteiger partial charge is 0.416 e. The van der Waals surface area contributed by atoms with Gasteiger partial charge in [0.05, 0.1) is 38.9 Å². The Hall–Kier alpha value is -8.83. The van der Waals surface area contributed by atoms with Crippen molar-refractivity contribution in [1.82, 2.24) is 24.1 Å². The summed E-state index contributed by atoms with van der Waals surface area (Å²) in [5.74, 6) is 1.30. The highest BCUT2D eigenvalue weighted by atomic mass is 19.4. The third-order valence-corrected chi connectivity index (χ3v) is 12.8. The van der Waals surface area contributed by atoms with Crippen molar-refractivity contribution in [3.63, 3.8) is 0 Å². The lowest BCUT2D eigenvalue weighted by atomic mass is 9.96. The number of hydrogen-bond acceptors (Lipinski definition) is 3. The van der Waals surface area contributed by atoms with Gasteiger partial charge in [-0.05, 0) is 95.1 Å². The number of alkyl halides is 6. The van der Waals surface area contributed by atoms with Gasteiger partial charge in [0.25, 0.3) is 0 Å². The number of hydrogen-bond donors (Lipinski definition) is 0. The molecule has 70 heavy (non-hydrogen) atoms. The van der Waals surface area contributed by atoms with Gasteiger partial charge < -0.3 is 9.13 Å². The van der Waals surface area contributed by atoms with Crippen molar-refractivity contribution < 1.29 is 26.3 Å². The summed E-state index contributed by atoms with van der Waals surface area (Å²) in [7, 11) is 0. The molecule has 12 rings (SSSR count). The molecule has 0 amide bonds. The molecule has 5 nitrogen and oxygen atoms in total. The lowest BCUT2D eigenvalue weighted by molar-refractivity contribution is -0.143. The van der Waals surface area contributed by atoms with Gasteiger partial charge in [0.15, 0.2) is 17.5 Å². The predicted molar refractivity (Wildman–Crippen MR) is 266 cm³/mol. The third-order valence-electron chi connectivity index (χ3n) is 12.8. The summed E-state index contributed by atoms with van der Waals surface area (Å²) in [6.07, 6.45) is -10.0. The molecule has 3 aromatic heterocycles. The number of nitrogens with zero attached hydrogens (tertiary/aromatic N) is 5. The van der Waals surface area contributed by atoms with Crippen LogP contribution in [0.5, 0.6) is 0 Å². The van der Waals surface area contributed by atoms with E-state index in [2.05, 4.69) is 63.7 Å². The van der Waals surface area contributed by atoms with Gasteiger partial charge in [0.2, 0.25) is 0 Å². The van der Waals surface area contributed by atoms with Crippen molar-refractivity contribution in [2.45, 2.75) is 12.4 Å². The molecule has 0 unspecified atom stereocenters. The van der Waals surface area contributed by atoms with Gasteiger partial charge in [-0.3, -0.25) is 0 Å². The summed E-state index contributed by atoms with van der Waals surface area (Å²) in [5.41, 5.74) is 6.50. The van der Waals surface area contributed by atoms with Crippen molar-refractivity contribution in [1.29, 1.82) is 0 Å². The maximum atomic E-state index is 14.1. The van der Waals surface area contributed by atoms with Crippen LogP contribution >= 0.6 is 0 Å². The molecule has 0 saturated heterocycles. The zero-order valence-corrected chi connectivity index (χ0v) is 36.7. The topological polar surface area (TPSA) is 48.5 Å². The van der Waals surface area contributed by atoms with Gasteiger partial charge >= 0.3 is 12.4 Å². The monoisotopic (exact) mass is 927 g/mol. The normalized spacial score (nSPS) is 12.1. The van der Waals surface area contributed by atoms with Crippen LogP contribution in [0.2, 0.25) is 0 Å². The number of fused-ring (bicyclic) bond motifs is 6. The van der Waals surface area contributed by atoms with Crippen molar-refractivity contribution in [3.8, 4) is 67.8 Å². The number of para-hydroxylation sites is 3. The Morgan fingerprint density at radius 3 is 1.46 bits per heavy atom. The molecule has 0 aliphatic heterocycles. The average Bonchev–Trinajstić information content (AvgIpc) is 3.91. The smallest absolute Gasteiger partial charge is 0.309 e. The van der Waals surface area contributed by atoms with Gasteiger partial charge in [-0.1, -0.05) is 140 Å². The van der Waals surface area contributed by atoms with Gasteiger partial charge in [-0.2, -0.15) is 26.3 Å². The van der Waals surface area contributed by atoms with Crippen LogP contribution in [-0.2, 0) is 12.4 Å². The standard InChI is InChI=1S/C59H35F6N5/c60-58(61,62)41-31-40(32-42(35-41)59(63,64)65)38-27-29-51-47(33-38)45-21-10-12-24-49(45)70(51)52-30-28-39(44-23-14-26-53-54(44)46-22-11-13-25-50(46)69(53)43-19-8-3-9-20-43)34-48(52)57-67-55(36-15-4-1-5-16-36)66-56(68-57)37-17-6-2-7-18-37/h1-35H. The summed E-state index contributed by atoms with van der Waals surface area (Å²) in [6.45, 7) is 0. The Balaban J connectivity index is 1.14. The second-order valence-electron chi connectivity index (χ2n) is 17.0. The van der Waals surface area contributed by atoms with E-state index in [-0.39, 0.29) is 17.2 Å². The first-order valence-electron chi connectivity index (χ1n) is 22.4. The molecule has 0 saturated carbocycles. The Labute approximate surface area is 396 Å². The Morgan fingerprint density at radius 1 is 0.314 bits per heavy atom. The van der Waals surface area contributed by atoms with Crippen LogP contribution in [0.1, 0.15) is 11.1 Å². The molecule has 0 aliphatic carbocycles. The third kappa shape index (κ3) is 7.34. The van der Waals surface area contributed by atoms with Gasteiger partial charge in [-0.15, -0.1) is 0 Å². The van der Waals surface area contributed by atoms with Crippen LogP contribution in [-0.4, -0.2) is 24.1 Å². The van der Waals surface area contributed by atoms with Crippen LogP contribution in [0, 0.1) is 0 Å². The molecule has 9 aromatic carbocycles. The summed E-state index contributed by atoms with van der Waals surface area (Å²) < 4.78 is 88.9. The van der Waals surface area contributed by atoms with Crippen molar-refractivity contribution in [3.05, 3.63) is 223 Å². The number of halogens is 6. The number of aromatic nitrogens is 5. The molecule has 12 aromatic rings. The second-order valence-corrected chi connectivity index (χ2v) is 17.0. The van der Waals surface area contributed by atoms with Crippen LogP contribution in [0.3, 0.4) is 0 Å². The fourth-order valence-electron chi connectivity index (χ4n) is 9.66. The van der Waals surface area contributed by atoms with Crippen LogP contribution < -0.4 is 0 Å². The highest BCUT2D eigenvalue weighted by Gasteiger charge is 2.37. The molecular weight excluding hydrogens is 893 g/mol. The first-order chi connectivity index (χ1) is 34.0. The average molecular weight is 928 g/mol. The molecular formula is C59H35F6N5. The number of benzene rings is 9. The van der Waals surface area contributed by atoms with Gasteiger partial charge in [-0.25, -0.2) is 15.0 Å². The quantitative estimate of drug-likeness (QED) is 0.150. The van der Waals surface area contributed by atoms with E-state index in [9.17, 15) is 26.3 Å². The van der Waals surface area contributed by atoms with E-state index in [1.807, 2.05) is 121 Å². The molecule has 0 spiro atoms. The molecule has 0 atom stereocenters. The maximum Gasteiger partial charge on any atom is 0.416 e. The first kappa shape index (κ1) is 42.5. The molecule has 0 fully saturated rings. The lowest BCUT2D eigenvalue weighted by Crippen LogP contribution is -2.11. The summed E-state index contributed by atoms with van der Waals surface area (Å²) in [5, 5.41) is 3.49. The minimum absolute atomic E-state index is 0.147. The fraction of sp³-hybridized carbons (Fsp3) is 0.0339. The molecule has 3 heterocycles. The zero-order chi connectivity index (χ0) is 47.7. The highest BCUT2D eigenvalue weighted by molar-refractivity contribution is 6.16. The number of rotatable bonds is 7. The Morgan fingerprint density at radius 2 is 0.829 bits per heavy atom. The fourth-order valence-corrected chi connectivity index (χ4v) is 9.66. The van der Waals surface area contributed by atoms with Crippen LogP contribution in [0.25, 0.3) is 111 Å². The van der Waals surface area contributed by atoms with Crippen molar-refractivity contribution >= 4 is 43.6 Å². The van der Waals surface area contributed by atoms with E-state index in [0.29, 0.717) is 39.6 Å². The SMILES string of the molecule is FC(F)(F)c1cc(-c2ccc3c(c2)c2ccccc2n3-c2ccc(-c3cccc4c3c3ccccc3n4-c3ccccc3)cc2-c2nc(-c3ccccc3)nc(-c3ccccc3)n2)cc(C(F)(F)F)c1. The van der Waals surface area contributed by atoms with E-state index in [1.165, 1.54) is 0 Å². The van der Waals surface area contributed by atoms with Crippen molar-refractivity contribution in [2.75, 3.05) is 0 Å². The minimum atomic E-state index is -5.00. The molecule has 0 N–H and O–H groups in total. The molecule has 338 valence electrons. The molecule has 11 heteroatoms. The first-order valence-corrected chi connectivity index (χ1v) is 22.4. The Bertz CT molecular complexity index is 3880. The summed E-state index contributed by atoms with van der Waals surface area (Å²) in [4.78, 5) is 15.4.